The molecule has 112 valence electrons. The van der Waals surface area contributed by atoms with Crippen LogP contribution in [-0.2, 0) is 0 Å². The van der Waals surface area contributed by atoms with Crippen LogP contribution in [0.5, 0.6) is 0 Å². The van der Waals surface area contributed by atoms with Gasteiger partial charge in [-0.25, -0.2) is 9.97 Å². The zero-order valence-corrected chi connectivity index (χ0v) is 14.0. The zero-order valence-electron chi connectivity index (χ0n) is 11.6. The quantitative estimate of drug-likeness (QED) is 0.428. The van der Waals surface area contributed by atoms with Crippen LogP contribution < -0.4 is 11.0 Å². The van der Waals surface area contributed by atoms with Gasteiger partial charge in [-0.1, -0.05) is 6.07 Å². The number of fused-ring (bicyclic) bond motifs is 2. The Kier molecular flexibility index (Phi) is 3.60. The van der Waals surface area contributed by atoms with E-state index in [1.165, 1.54) is 20.7 Å². The van der Waals surface area contributed by atoms with Crippen molar-refractivity contribution in [1.29, 1.82) is 0 Å². The van der Waals surface area contributed by atoms with Gasteiger partial charge in [0, 0.05) is 9.40 Å². The van der Waals surface area contributed by atoms with Gasteiger partial charge in [0.25, 0.3) is 5.43 Å². The molecule has 0 unspecified atom stereocenters. The minimum absolute atomic E-state index is 0.184. The first-order valence-corrected chi connectivity index (χ1v) is 9.29. The van der Waals surface area contributed by atoms with E-state index < -0.39 is 11.0 Å². The monoisotopic (exact) mass is 356 g/mol. The third kappa shape index (κ3) is 2.63. The summed E-state index contributed by atoms with van der Waals surface area (Å²) in [6.45, 7) is 0. The Morgan fingerprint density at radius 3 is 2.13 bits per heavy atom. The van der Waals surface area contributed by atoms with Gasteiger partial charge in [0.2, 0.25) is 0 Å². The molecule has 0 saturated carbocycles. The molecule has 0 aromatic carbocycles. The molecule has 2 aliphatic rings. The molecule has 0 saturated heterocycles. The Morgan fingerprint density at radius 2 is 1.52 bits per heavy atom. The molecule has 2 aliphatic heterocycles. The van der Waals surface area contributed by atoms with Crippen LogP contribution >= 0.6 is 34.0 Å². The van der Waals surface area contributed by atoms with Gasteiger partial charge < -0.3 is 0 Å². The molecular weight excluding hydrogens is 348 g/mol. The largest absolute Gasteiger partial charge is 0.320 e. The van der Waals surface area contributed by atoms with Crippen LogP contribution in [0.1, 0.15) is 0 Å². The highest BCUT2D eigenvalue weighted by Gasteiger charge is 2.19. The molecular formula is C16H8N2O2S3. The minimum Gasteiger partial charge on any atom is -0.281 e. The Labute approximate surface area is 142 Å². The van der Waals surface area contributed by atoms with Gasteiger partial charge in [0.05, 0.1) is 16.3 Å². The van der Waals surface area contributed by atoms with Gasteiger partial charge in [-0.15, -0.1) is 34.0 Å². The highest BCUT2D eigenvalue weighted by molar-refractivity contribution is 7.25. The molecule has 0 spiro atoms. The van der Waals surface area contributed by atoms with Crippen LogP contribution in [0.2, 0.25) is 0 Å². The van der Waals surface area contributed by atoms with Crippen molar-refractivity contribution in [2.24, 2.45) is 0 Å². The van der Waals surface area contributed by atoms with Crippen molar-refractivity contribution in [2.75, 3.05) is 0 Å². The smallest absolute Gasteiger partial charge is 0.281 e. The topological polar surface area (TPSA) is 59.9 Å². The summed E-state index contributed by atoms with van der Waals surface area (Å²) >= 11 is 5.14. The lowest BCUT2D eigenvalue weighted by Crippen LogP contribution is -2.19. The van der Waals surface area contributed by atoms with Gasteiger partial charge in [-0.2, -0.15) is 0 Å². The fraction of sp³-hybridized carbons (Fsp3) is 0. The predicted molar refractivity (Wildman–Crippen MR) is 96.6 cm³/mol. The molecule has 0 amide bonds. The molecule has 5 rings (SSSR count). The maximum atomic E-state index is 11.3. The first-order chi connectivity index (χ1) is 11.2. The molecule has 23 heavy (non-hydrogen) atoms. The van der Waals surface area contributed by atoms with E-state index in [-0.39, 0.29) is 5.69 Å². The second kappa shape index (κ2) is 5.77. The lowest BCUT2D eigenvalue weighted by Gasteiger charge is -1.85. The zero-order chi connectivity index (χ0) is 15.8. The fourth-order valence-electron chi connectivity index (χ4n) is 2.17. The van der Waals surface area contributed by atoms with Crippen molar-refractivity contribution in [3.05, 3.63) is 67.0 Å². The second-order valence-electron chi connectivity index (χ2n) is 4.67. The number of aromatic nitrogens is 2. The van der Waals surface area contributed by atoms with E-state index in [0.29, 0.717) is 11.4 Å². The summed E-state index contributed by atoms with van der Waals surface area (Å²) in [4.78, 5) is 30.9. The summed E-state index contributed by atoms with van der Waals surface area (Å²) in [7, 11) is 0. The molecule has 5 heterocycles. The molecule has 0 aliphatic carbocycles. The summed E-state index contributed by atoms with van der Waals surface area (Å²) in [5.74, 6) is 0. The van der Waals surface area contributed by atoms with Gasteiger partial charge in [0.15, 0.2) is 0 Å². The number of hydrogen-bond donors (Lipinski definition) is 0. The van der Waals surface area contributed by atoms with Crippen LogP contribution in [0.4, 0.5) is 0 Å². The van der Waals surface area contributed by atoms with Gasteiger partial charge in [-0.05, 0) is 40.4 Å². The van der Waals surface area contributed by atoms with E-state index in [9.17, 15) is 9.59 Å². The van der Waals surface area contributed by atoms with Crippen molar-refractivity contribution in [2.45, 2.75) is 0 Å². The third-order valence-corrected chi connectivity index (χ3v) is 6.01. The summed E-state index contributed by atoms with van der Waals surface area (Å²) in [5.41, 5.74) is -0.0329. The summed E-state index contributed by atoms with van der Waals surface area (Å²) < 4.78 is 2.82. The highest BCUT2D eigenvalue weighted by atomic mass is 32.1. The first-order valence-electron chi connectivity index (χ1n) is 6.65. The third-order valence-electron chi connectivity index (χ3n) is 3.22. The molecule has 0 radical (unpaired) electrons. The lowest BCUT2D eigenvalue weighted by molar-refractivity contribution is 1.31. The number of nitrogens with zero attached hydrogens (tertiary/aromatic N) is 2. The Bertz CT molecular complexity index is 1060. The van der Waals surface area contributed by atoms with Crippen LogP contribution in [0.25, 0.3) is 31.4 Å². The molecule has 4 nitrogen and oxygen atoms in total. The Hall–Kier alpha value is -2.22. The normalized spacial score (nSPS) is 11.0. The predicted octanol–water partition coefficient (Wildman–Crippen LogP) is 3.87. The maximum Gasteiger partial charge on any atom is 0.320 e. The average Bonchev–Trinajstić information content (AvgIpc) is 3.28. The molecule has 3 aromatic rings. The number of thiophene rings is 3. The van der Waals surface area contributed by atoms with Crippen LogP contribution in [-0.4, -0.2) is 9.97 Å². The van der Waals surface area contributed by atoms with Crippen LogP contribution in [0.3, 0.4) is 0 Å². The first kappa shape index (κ1) is 14.4. The van der Waals surface area contributed by atoms with Gasteiger partial charge in [0.1, 0.15) is 5.69 Å². The minimum atomic E-state index is -0.717. The Morgan fingerprint density at radius 1 is 0.783 bits per heavy atom. The molecule has 0 N–H and O–H groups in total. The van der Waals surface area contributed by atoms with E-state index in [1.54, 1.807) is 28.7 Å². The second-order valence-corrected chi connectivity index (χ2v) is 7.51. The SMILES string of the molecule is O=c1nc2cc(-c3cccs3)nc-2c1=O.c1cc2sccc2s1. The van der Waals surface area contributed by atoms with Crippen molar-refractivity contribution < 1.29 is 0 Å². The molecule has 3 aromatic heterocycles. The molecule has 0 fully saturated rings. The average molecular weight is 356 g/mol. The highest BCUT2D eigenvalue weighted by Crippen LogP contribution is 2.28. The maximum absolute atomic E-state index is 11.3. The van der Waals surface area contributed by atoms with E-state index in [2.05, 4.69) is 32.9 Å². The van der Waals surface area contributed by atoms with Crippen molar-refractivity contribution in [3.8, 4) is 22.0 Å². The summed E-state index contributed by atoms with van der Waals surface area (Å²) in [6, 6.07) is 9.80. The van der Waals surface area contributed by atoms with Crippen molar-refractivity contribution in [1.82, 2.24) is 9.97 Å². The lowest BCUT2D eigenvalue weighted by atomic mass is 10.3. The number of rotatable bonds is 1. The van der Waals surface area contributed by atoms with E-state index >= 15 is 0 Å². The Balaban J connectivity index is 0.000000142. The van der Waals surface area contributed by atoms with Crippen molar-refractivity contribution in [3.63, 3.8) is 0 Å². The summed E-state index contributed by atoms with van der Waals surface area (Å²) in [5, 5.41) is 6.18. The molecule has 0 bridgehead atoms. The molecule has 7 heteroatoms. The van der Waals surface area contributed by atoms with Crippen molar-refractivity contribution >= 4 is 43.4 Å². The van der Waals surface area contributed by atoms with Crippen LogP contribution in [0.15, 0.2) is 56.1 Å². The summed E-state index contributed by atoms with van der Waals surface area (Å²) in [6.07, 6.45) is 0. The van der Waals surface area contributed by atoms with E-state index in [1.807, 2.05) is 17.5 Å². The number of hydrogen-bond acceptors (Lipinski definition) is 7. The van der Waals surface area contributed by atoms with Crippen LogP contribution in [0, 0.1) is 0 Å². The van der Waals surface area contributed by atoms with Gasteiger partial charge >= 0.3 is 5.56 Å². The van der Waals surface area contributed by atoms with E-state index in [4.69, 9.17) is 0 Å². The van der Waals surface area contributed by atoms with Gasteiger partial charge in [-0.3, -0.25) is 9.59 Å². The molecule has 0 atom stereocenters. The van der Waals surface area contributed by atoms with E-state index in [0.717, 1.165) is 4.88 Å². The fourth-order valence-corrected chi connectivity index (χ4v) is 4.68. The standard InChI is InChI=1S/C10H4N2O2S.C6H4S2/c13-9-8-6(12-10(9)14)4-5(11-8)7-2-1-3-15-7;1-3-7-6-2-4-8-5(1)6/h1-4H;1-4H.